The third-order valence-corrected chi connectivity index (χ3v) is 6.49. The number of esters is 1. The SMILES string of the molecule is Cc1ccccc1C(=O)OCC(=O)c1ccc(S(=O)(=O)N2CCCC2)cc1. The Balaban J connectivity index is 1.64. The molecule has 0 radical (unpaired) electrons. The Kier molecular flexibility index (Phi) is 5.72. The van der Waals surface area contributed by atoms with Gasteiger partial charge in [-0.3, -0.25) is 4.79 Å². The first-order chi connectivity index (χ1) is 12.9. The molecule has 142 valence electrons. The van der Waals surface area contributed by atoms with Crippen molar-refractivity contribution in [3.8, 4) is 0 Å². The third-order valence-electron chi connectivity index (χ3n) is 4.58. The number of ketones is 1. The van der Waals surface area contributed by atoms with Gasteiger partial charge in [0.05, 0.1) is 10.5 Å². The maximum Gasteiger partial charge on any atom is 0.338 e. The van der Waals surface area contributed by atoms with Gasteiger partial charge in [0.1, 0.15) is 0 Å². The lowest BCUT2D eigenvalue weighted by molar-refractivity contribution is 0.0474. The van der Waals surface area contributed by atoms with E-state index in [0.29, 0.717) is 24.2 Å². The zero-order valence-electron chi connectivity index (χ0n) is 15.1. The highest BCUT2D eigenvalue weighted by atomic mass is 32.2. The van der Waals surface area contributed by atoms with E-state index in [9.17, 15) is 18.0 Å². The van der Waals surface area contributed by atoms with E-state index >= 15 is 0 Å². The van der Waals surface area contributed by atoms with Gasteiger partial charge >= 0.3 is 5.97 Å². The zero-order chi connectivity index (χ0) is 19.4. The second-order valence-electron chi connectivity index (χ2n) is 6.45. The van der Waals surface area contributed by atoms with E-state index in [-0.39, 0.29) is 10.7 Å². The molecule has 1 heterocycles. The van der Waals surface area contributed by atoms with Gasteiger partial charge in [-0.2, -0.15) is 4.31 Å². The molecule has 1 aliphatic rings. The Morgan fingerprint density at radius 1 is 1.00 bits per heavy atom. The molecule has 1 saturated heterocycles. The van der Waals surface area contributed by atoms with Crippen LogP contribution in [0.1, 0.15) is 39.1 Å². The highest BCUT2D eigenvalue weighted by molar-refractivity contribution is 7.89. The molecule has 0 saturated carbocycles. The molecule has 2 aromatic rings. The maximum atomic E-state index is 12.5. The Labute approximate surface area is 158 Å². The predicted molar refractivity (Wildman–Crippen MR) is 100 cm³/mol. The van der Waals surface area contributed by atoms with Crippen LogP contribution in [-0.2, 0) is 14.8 Å². The van der Waals surface area contributed by atoms with E-state index in [4.69, 9.17) is 4.74 Å². The topological polar surface area (TPSA) is 80.8 Å². The van der Waals surface area contributed by atoms with E-state index in [1.54, 1.807) is 25.1 Å². The van der Waals surface area contributed by atoms with E-state index in [1.165, 1.54) is 28.6 Å². The molecule has 0 bridgehead atoms. The van der Waals surface area contributed by atoms with Gasteiger partial charge in [-0.1, -0.05) is 18.2 Å². The van der Waals surface area contributed by atoms with Gasteiger partial charge in [0, 0.05) is 18.7 Å². The number of carbonyl (C=O) groups is 2. The summed E-state index contributed by atoms with van der Waals surface area (Å²) in [7, 11) is -3.51. The van der Waals surface area contributed by atoms with E-state index in [1.807, 2.05) is 6.07 Å². The van der Waals surface area contributed by atoms with Gasteiger partial charge in [-0.15, -0.1) is 0 Å². The van der Waals surface area contributed by atoms with Crippen LogP contribution in [0.4, 0.5) is 0 Å². The van der Waals surface area contributed by atoms with Gasteiger partial charge in [0.15, 0.2) is 12.4 Å². The summed E-state index contributed by atoms with van der Waals surface area (Å²) in [5, 5.41) is 0. The summed E-state index contributed by atoms with van der Waals surface area (Å²) in [4.78, 5) is 24.5. The van der Waals surface area contributed by atoms with Gasteiger partial charge in [0.2, 0.25) is 10.0 Å². The number of sulfonamides is 1. The van der Waals surface area contributed by atoms with Crippen LogP contribution < -0.4 is 0 Å². The van der Waals surface area contributed by atoms with Crippen LogP contribution in [0.3, 0.4) is 0 Å². The molecule has 3 rings (SSSR count). The number of aryl methyl sites for hydroxylation is 1. The molecule has 0 aliphatic carbocycles. The number of benzene rings is 2. The number of nitrogens with zero attached hydrogens (tertiary/aromatic N) is 1. The lowest BCUT2D eigenvalue weighted by Crippen LogP contribution is -2.27. The lowest BCUT2D eigenvalue weighted by Gasteiger charge is -2.15. The molecule has 1 aliphatic heterocycles. The number of ether oxygens (including phenoxy) is 1. The number of hydrogen-bond acceptors (Lipinski definition) is 5. The average Bonchev–Trinajstić information content (AvgIpc) is 3.22. The minimum Gasteiger partial charge on any atom is -0.454 e. The van der Waals surface area contributed by atoms with Crippen molar-refractivity contribution in [1.82, 2.24) is 4.31 Å². The standard InChI is InChI=1S/C20H21NO5S/c1-15-6-2-3-7-18(15)20(23)26-14-19(22)16-8-10-17(11-9-16)27(24,25)21-12-4-5-13-21/h2-3,6-11H,4-5,12-14H2,1H3. The molecule has 2 aromatic carbocycles. The number of carbonyl (C=O) groups excluding carboxylic acids is 2. The average molecular weight is 387 g/mol. The molecular weight excluding hydrogens is 366 g/mol. The van der Waals surface area contributed by atoms with Gasteiger partial charge < -0.3 is 4.74 Å². The lowest BCUT2D eigenvalue weighted by atomic mass is 10.1. The highest BCUT2D eigenvalue weighted by Crippen LogP contribution is 2.21. The molecule has 0 atom stereocenters. The van der Waals surface area contributed by atoms with Crippen molar-refractivity contribution in [2.24, 2.45) is 0 Å². The van der Waals surface area contributed by atoms with Gasteiger partial charge in [-0.25, -0.2) is 13.2 Å². The van der Waals surface area contributed by atoms with E-state index in [0.717, 1.165) is 18.4 Å². The highest BCUT2D eigenvalue weighted by Gasteiger charge is 2.27. The molecule has 0 amide bonds. The molecule has 7 heteroatoms. The Hall–Kier alpha value is -2.51. The van der Waals surface area contributed by atoms with Crippen molar-refractivity contribution in [3.05, 3.63) is 65.2 Å². The van der Waals surface area contributed by atoms with Crippen LogP contribution in [0, 0.1) is 6.92 Å². The minimum atomic E-state index is -3.51. The largest absolute Gasteiger partial charge is 0.454 e. The van der Waals surface area contributed by atoms with Crippen molar-refractivity contribution < 1.29 is 22.7 Å². The van der Waals surface area contributed by atoms with Crippen molar-refractivity contribution in [3.63, 3.8) is 0 Å². The van der Waals surface area contributed by atoms with Crippen LogP contribution in [0.5, 0.6) is 0 Å². The van der Waals surface area contributed by atoms with Crippen LogP contribution in [-0.4, -0.2) is 44.2 Å². The first-order valence-electron chi connectivity index (χ1n) is 8.76. The predicted octanol–water partition coefficient (Wildman–Crippen LogP) is 2.82. The summed E-state index contributed by atoms with van der Waals surface area (Å²) in [6.07, 6.45) is 1.73. The summed E-state index contributed by atoms with van der Waals surface area (Å²) in [6, 6.07) is 12.7. The van der Waals surface area contributed by atoms with Crippen LogP contribution >= 0.6 is 0 Å². The van der Waals surface area contributed by atoms with Gasteiger partial charge in [0.25, 0.3) is 0 Å². The van der Waals surface area contributed by atoms with Crippen molar-refractivity contribution >= 4 is 21.8 Å². The molecule has 27 heavy (non-hydrogen) atoms. The van der Waals surface area contributed by atoms with Gasteiger partial charge in [-0.05, 0) is 55.7 Å². The van der Waals surface area contributed by atoms with Crippen LogP contribution in [0.2, 0.25) is 0 Å². The monoisotopic (exact) mass is 387 g/mol. The Morgan fingerprint density at radius 3 is 2.26 bits per heavy atom. The van der Waals surface area contributed by atoms with E-state index in [2.05, 4.69) is 0 Å². The fraction of sp³-hybridized carbons (Fsp3) is 0.300. The summed E-state index contributed by atoms with van der Waals surface area (Å²) in [5.74, 6) is -0.947. The first kappa shape index (κ1) is 19.3. The molecule has 0 aromatic heterocycles. The van der Waals surface area contributed by atoms with Crippen LogP contribution in [0.25, 0.3) is 0 Å². The first-order valence-corrected chi connectivity index (χ1v) is 10.2. The molecule has 0 unspecified atom stereocenters. The minimum absolute atomic E-state index is 0.165. The molecule has 0 spiro atoms. The zero-order valence-corrected chi connectivity index (χ0v) is 15.9. The number of Topliss-reactive ketones (excluding diaryl/α,β-unsaturated/α-hetero) is 1. The smallest absolute Gasteiger partial charge is 0.338 e. The maximum absolute atomic E-state index is 12.5. The summed E-state index contributed by atoms with van der Waals surface area (Å²) < 4.78 is 31.5. The normalized spacial score (nSPS) is 14.9. The second-order valence-corrected chi connectivity index (χ2v) is 8.39. The molecule has 0 N–H and O–H groups in total. The Bertz CT molecular complexity index is 945. The summed E-state index contributed by atoms with van der Waals surface area (Å²) in [5.41, 5.74) is 1.48. The summed E-state index contributed by atoms with van der Waals surface area (Å²) in [6.45, 7) is 2.44. The molecule has 1 fully saturated rings. The second kappa shape index (κ2) is 8.02. The summed E-state index contributed by atoms with van der Waals surface area (Å²) >= 11 is 0. The fourth-order valence-electron chi connectivity index (χ4n) is 2.98. The number of rotatable bonds is 6. The van der Waals surface area contributed by atoms with Crippen LogP contribution in [0.15, 0.2) is 53.4 Å². The molecule has 6 nitrogen and oxygen atoms in total. The van der Waals surface area contributed by atoms with Crippen molar-refractivity contribution in [1.29, 1.82) is 0 Å². The quantitative estimate of drug-likeness (QED) is 0.562. The van der Waals surface area contributed by atoms with Crippen molar-refractivity contribution in [2.75, 3.05) is 19.7 Å². The Morgan fingerprint density at radius 2 is 1.63 bits per heavy atom. The van der Waals surface area contributed by atoms with Crippen molar-refractivity contribution in [2.45, 2.75) is 24.7 Å². The third kappa shape index (κ3) is 4.26. The molecular formula is C20H21NO5S. The fourth-order valence-corrected chi connectivity index (χ4v) is 4.50. The van der Waals surface area contributed by atoms with E-state index < -0.39 is 22.6 Å². The number of hydrogen-bond donors (Lipinski definition) is 0.